The topological polar surface area (TPSA) is 24.9 Å². The average Bonchev–Trinajstić information content (AvgIpc) is 2.25. The molecule has 0 aliphatic carbocycles. The molecule has 14 heavy (non-hydrogen) atoms. The van der Waals surface area contributed by atoms with Crippen LogP contribution in [0.4, 0.5) is 0 Å². The van der Waals surface area contributed by atoms with Crippen LogP contribution in [0.5, 0.6) is 0 Å². The Morgan fingerprint density at radius 1 is 1.57 bits per heavy atom. The highest BCUT2D eigenvalue weighted by Crippen LogP contribution is 2.14. The van der Waals surface area contributed by atoms with Crippen molar-refractivity contribution >= 4 is 0 Å². The van der Waals surface area contributed by atoms with Crippen LogP contribution in [0.1, 0.15) is 31.5 Å². The average molecular weight is 188 g/mol. The van der Waals surface area contributed by atoms with Crippen LogP contribution in [-0.2, 0) is 0 Å². The van der Waals surface area contributed by atoms with Gasteiger partial charge in [0.2, 0.25) is 0 Å². The van der Waals surface area contributed by atoms with Crippen molar-refractivity contribution in [2.75, 3.05) is 6.54 Å². The zero-order valence-corrected chi connectivity index (χ0v) is 8.53. The molecule has 0 aliphatic rings. The molecule has 1 rings (SSSR count). The van der Waals surface area contributed by atoms with Crippen LogP contribution in [0.2, 0.25) is 0 Å². The van der Waals surface area contributed by atoms with Gasteiger partial charge in [0.05, 0.1) is 11.7 Å². The molecule has 1 unspecified atom stereocenters. The lowest BCUT2D eigenvalue weighted by molar-refractivity contribution is 0.511. The maximum Gasteiger partial charge on any atom is 0.0573 e. The summed E-state index contributed by atoms with van der Waals surface area (Å²) in [6, 6.07) is 6.25. The van der Waals surface area contributed by atoms with Crippen molar-refractivity contribution in [2.24, 2.45) is 0 Å². The summed E-state index contributed by atoms with van der Waals surface area (Å²) < 4.78 is 0. The van der Waals surface area contributed by atoms with Crippen molar-refractivity contribution in [1.82, 2.24) is 10.3 Å². The van der Waals surface area contributed by atoms with Gasteiger partial charge in [-0.3, -0.25) is 4.98 Å². The molecule has 1 aromatic heterocycles. The Balaban J connectivity index is 2.63. The Morgan fingerprint density at radius 2 is 2.43 bits per heavy atom. The number of hydrogen-bond acceptors (Lipinski definition) is 2. The van der Waals surface area contributed by atoms with Gasteiger partial charge in [0.1, 0.15) is 0 Å². The fourth-order valence-electron chi connectivity index (χ4n) is 1.41. The van der Waals surface area contributed by atoms with E-state index in [-0.39, 0.29) is 6.04 Å². The van der Waals surface area contributed by atoms with E-state index in [0.29, 0.717) is 0 Å². The van der Waals surface area contributed by atoms with Crippen LogP contribution in [-0.4, -0.2) is 11.5 Å². The van der Waals surface area contributed by atoms with Crippen LogP contribution in [0.25, 0.3) is 0 Å². The monoisotopic (exact) mass is 188 g/mol. The van der Waals surface area contributed by atoms with Crippen LogP contribution in [0, 0.1) is 12.3 Å². The third-order valence-electron chi connectivity index (χ3n) is 2.07. The van der Waals surface area contributed by atoms with Crippen molar-refractivity contribution < 1.29 is 0 Å². The molecule has 1 aromatic rings. The lowest BCUT2D eigenvalue weighted by Gasteiger charge is -2.15. The Morgan fingerprint density at radius 3 is 3.00 bits per heavy atom. The van der Waals surface area contributed by atoms with Crippen LogP contribution in [0.3, 0.4) is 0 Å². The van der Waals surface area contributed by atoms with Gasteiger partial charge >= 0.3 is 0 Å². The highest BCUT2D eigenvalue weighted by Gasteiger charge is 2.09. The smallest absolute Gasteiger partial charge is 0.0573 e. The van der Waals surface area contributed by atoms with Crippen molar-refractivity contribution in [3.8, 4) is 12.3 Å². The molecular weight excluding hydrogens is 172 g/mol. The molecule has 2 nitrogen and oxygen atoms in total. The first-order valence-corrected chi connectivity index (χ1v) is 4.96. The summed E-state index contributed by atoms with van der Waals surface area (Å²) in [6.07, 6.45) is 8.80. The molecule has 0 aromatic carbocycles. The van der Waals surface area contributed by atoms with Gasteiger partial charge in [0.15, 0.2) is 0 Å². The molecule has 0 spiro atoms. The summed E-state index contributed by atoms with van der Waals surface area (Å²) in [6.45, 7) is 3.03. The van der Waals surface area contributed by atoms with E-state index in [1.54, 1.807) is 0 Å². The van der Waals surface area contributed by atoms with Crippen LogP contribution < -0.4 is 5.32 Å². The Kier molecular flexibility index (Phi) is 4.74. The zero-order chi connectivity index (χ0) is 10.2. The van der Waals surface area contributed by atoms with Crippen molar-refractivity contribution in [3.63, 3.8) is 0 Å². The normalized spacial score (nSPS) is 12.0. The van der Waals surface area contributed by atoms with Gasteiger partial charge in [-0.05, 0) is 25.1 Å². The standard InChI is InChI=1S/C12H16N2/c1-3-5-8-11(13-4-2)12-9-6-7-10-14-12/h1,6-7,9-11,13H,4-5,8H2,2H3. The van der Waals surface area contributed by atoms with Gasteiger partial charge in [0, 0.05) is 12.6 Å². The predicted molar refractivity (Wildman–Crippen MR) is 58.7 cm³/mol. The molecule has 74 valence electrons. The summed E-state index contributed by atoms with van der Waals surface area (Å²) in [5, 5.41) is 3.38. The van der Waals surface area contributed by atoms with Crippen molar-refractivity contribution in [1.29, 1.82) is 0 Å². The van der Waals surface area contributed by atoms with Crippen molar-refractivity contribution in [2.45, 2.75) is 25.8 Å². The highest BCUT2D eigenvalue weighted by atomic mass is 14.9. The Hall–Kier alpha value is -1.33. The van der Waals surface area contributed by atoms with Gasteiger partial charge in [-0.1, -0.05) is 13.0 Å². The molecule has 0 saturated carbocycles. The number of aromatic nitrogens is 1. The second-order valence-corrected chi connectivity index (χ2v) is 3.11. The fourth-order valence-corrected chi connectivity index (χ4v) is 1.41. The molecule has 0 aliphatic heterocycles. The molecule has 1 atom stereocenters. The van der Waals surface area contributed by atoms with Gasteiger partial charge in [-0.15, -0.1) is 12.3 Å². The molecule has 2 heteroatoms. The minimum Gasteiger partial charge on any atom is -0.309 e. The number of nitrogens with one attached hydrogen (secondary N) is 1. The molecular formula is C12H16N2. The second kappa shape index (κ2) is 6.17. The van der Waals surface area contributed by atoms with Gasteiger partial charge in [-0.2, -0.15) is 0 Å². The molecule has 1 heterocycles. The lowest BCUT2D eigenvalue weighted by atomic mass is 10.1. The third kappa shape index (κ3) is 3.20. The highest BCUT2D eigenvalue weighted by molar-refractivity contribution is 5.09. The minimum absolute atomic E-state index is 0.289. The van der Waals surface area contributed by atoms with E-state index in [1.807, 2.05) is 24.4 Å². The number of pyridine rings is 1. The zero-order valence-electron chi connectivity index (χ0n) is 8.53. The predicted octanol–water partition coefficient (Wildman–Crippen LogP) is 2.15. The first kappa shape index (κ1) is 10.7. The van der Waals surface area contributed by atoms with Crippen LogP contribution in [0.15, 0.2) is 24.4 Å². The largest absolute Gasteiger partial charge is 0.309 e. The lowest BCUT2D eigenvalue weighted by Crippen LogP contribution is -2.21. The minimum atomic E-state index is 0.289. The summed E-state index contributed by atoms with van der Waals surface area (Å²) >= 11 is 0. The van der Waals surface area contributed by atoms with Gasteiger partial charge in [-0.25, -0.2) is 0 Å². The first-order chi connectivity index (χ1) is 6.88. The summed E-state index contributed by atoms with van der Waals surface area (Å²) in [5.41, 5.74) is 1.07. The second-order valence-electron chi connectivity index (χ2n) is 3.11. The molecule has 0 saturated heterocycles. The molecule has 0 bridgehead atoms. The van der Waals surface area contributed by atoms with Crippen LogP contribution >= 0.6 is 0 Å². The van der Waals surface area contributed by atoms with E-state index in [4.69, 9.17) is 6.42 Å². The molecule has 0 radical (unpaired) electrons. The maximum absolute atomic E-state index is 5.25. The fraction of sp³-hybridized carbons (Fsp3) is 0.417. The van der Waals surface area contributed by atoms with E-state index in [2.05, 4.69) is 23.1 Å². The maximum atomic E-state index is 5.25. The number of nitrogens with zero attached hydrogens (tertiary/aromatic N) is 1. The summed E-state index contributed by atoms with van der Waals surface area (Å²) in [5.74, 6) is 2.66. The van der Waals surface area contributed by atoms with E-state index < -0.39 is 0 Å². The van der Waals surface area contributed by atoms with E-state index in [9.17, 15) is 0 Å². The molecule has 0 fully saturated rings. The van der Waals surface area contributed by atoms with E-state index in [0.717, 1.165) is 25.1 Å². The van der Waals surface area contributed by atoms with Crippen molar-refractivity contribution in [3.05, 3.63) is 30.1 Å². The third-order valence-corrected chi connectivity index (χ3v) is 2.07. The number of terminal acetylenes is 1. The first-order valence-electron chi connectivity index (χ1n) is 4.96. The quantitative estimate of drug-likeness (QED) is 0.716. The Bertz CT molecular complexity index is 287. The number of rotatable bonds is 5. The van der Waals surface area contributed by atoms with E-state index in [1.165, 1.54) is 0 Å². The van der Waals surface area contributed by atoms with Gasteiger partial charge < -0.3 is 5.32 Å². The summed E-state index contributed by atoms with van der Waals surface area (Å²) in [4.78, 5) is 4.32. The van der Waals surface area contributed by atoms with Gasteiger partial charge in [0.25, 0.3) is 0 Å². The molecule has 1 N–H and O–H groups in total. The SMILES string of the molecule is C#CCCC(NCC)c1ccccn1. The summed E-state index contributed by atoms with van der Waals surface area (Å²) in [7, 11) is 0. The number of hydrogen-bond donors (Lipinski definition) is 1. The Labute approximate surface area is 85.8 Å². The molecule has 0 amide bonds. The van der Waals surface area contributed by atoms with E-state index >= 15 is 0 Å².